The molecule has 2 aromatic rings. The zero-order valence-electron chi connectivity index (χ0n) is 16.5. The van der Waals surface area contributed by atoms with E-state index in [9.17, 15) is 14.9 Å². The van der Waals surface area contributed by atoms with Crippen molar-refractivity contribution in [2.24, 2.45) is 0 Å². The van der Waals surface area contributed by atoms with Crippen molar-refractivity contribution in [2.45, 2.75) is 26.4 Å². The first-order valence-corrected chi connectivity index (χ1v) is 8.91. The van der Waals surface area contributed by atoms with Crippen molar-refractivity contribution >= 4 is 17.3 Å². The van der Waals surface area contributed by atoms with Gasteiger partial charge in [0.25, 0.3) is 5.69 Å². The highest BCUT2D eigenvalue weighted by molar-refractivity contribution is 5.96. The lowest BCUT2D eigenvalue weighted by atomic mass is 10.1. The van der Waals surface area contributed by atoms with Gasteiger partial charge in [-0.05, 0) is 44.7 Å². The molecule has 2 rings (SSSR count). The number of anilines is 1. The van der Waals surface area contributed by atoms with Crippen LogP contribution in [0.5, 0.6) is 11.5 Å². The largest absolute Gasteiger partial charge is 0.494 e. The normalized spacial score (nSPS) is 11.8. The summed E-state index contributed by atoms with van der Waals surface area (Å²) in [6.07, 6.45) is 0. The molecule has 0 aliphatic carbocycles. The Bertz CT molecular complexity index is 823. The number of nitro benzene ring substituents is 1. The fraction of sp³-hybridized carbons (Fsp3) is 0.350. The van der Waals surface area contributed by atoms with Crippen LogP contribution in [0.4, 0.5) is 11.4 Å². The van der Waals surface area contributed by atoms with Crippen LogP contribution >= 0.6 is 0 Å². The van der Waals surface area contributed by atoms with E-state index in [0.29, 0.717) is 18.8 Å². The molecule has 0 saturated carbocycles. The van der Waals surface area contributed by atoms with E-state index in [2.05, 4.69) is 5.32 Å². The molecular weight excluding hydrogens is 362 g/mol. The van der Waals surface area contributed by atoms with E-state index < -0.39 is 11.0 Å². The van der Waals surface area contributed by atoms with Crippen LogP contribution in [0.2, 0.25) is 0 Å². The van der Waals surface area contributed by atoms with E-state index in [1.807, 2.05) is 43.1 Å². The van der Waals surface area contributed by atoms with Gasteiger partial charge in [0.1, 0.15) is 11.5 Å². The summed E-state index contributed by atoms with van der Waals surface area (Å²) in [4.78, 5) is 24.9. The number of non-ortho nitro benzene ring substituents is 1. The van der Waals surface area contributed by atoms with E-state index in [0.717, 1.165) is 11.3 Å². The number of methoxy groups -OCH3 is 1. The Kier molecular flexibility index (Phi) is 7.34. The van der Waals surface area contributed by atoms with Gasteiger partial charge >= 0.3 is 0 Å². The monoisotopic (exact) mass is 387 g/mol. The number of nitrogens with zero attached hydrogens (tertiary/aromatic N) is 2. The second-order valence-electron chi connectivity index (χ2n) is 6.30. The van der Waals surface area contributed by atoms with E-state index in [4.69, 9.17) is 9.47 Å². The van der Waals surface area contributed by atoms with Gasteiger partial charge in [-0.3, -0.25) is 19.8 Å². The number of carbonyl (C=O) groups is 1. The maximum Gasteiger partial charge on any atom is 0.273 e. The van der Waals surface area contributed by atoms with Gasteiger partial charge in [-0.15, -0.1) is 0 Å². The first kappa shape index (κ1) is 21.2. The van der Waals surface area contributed by atoms with Crippen molar-refractivity contribution in [3.8, 4) is 11.5 Å². The van der Waals surface area contributed by atoms with Crippen molar-refractivity contribution in [2.75, 3.05) is 26.1 Å². The third kappa shape index (κ3) is 5.43. The second-order valence-corrected chi connectivity index (χ2v) is 6.30. The minimum absolute atomic E-state index is 0.101. The summed E-state index contributed by atoms with van der Waals surface area (Å²) in [5.41, 5.74) is 1.34. The van der Waals surface area contributed by atoms with Crippen LogP contribution in [0.25, 0.3) is 0 Å². The predicted octanol–water partition coefficient (Wildman–Crippen LogP) is 3.46. The lowest BCUT2D eigenvalue weighted by Gasteiger charge is -2.24. The number of carbonyl (C=O) groups excluding carboxylic acids is 1. The highest BCUT2D eigenvalue weighted by Gasteiger charge is 2.20. The minimum Gasteiger partial charge on any atom is -0.494 e. The standard InChI is InChI=1S/C20H25N3O5/c1-5-28-17-9-6-15(7-10-17)13-22(3)14(2)20(24)21-18-11-8-16(23(25)26)12-19(18)27-4/h6-12,14H,5,13H2,1-4H3,(H,21,24)/t14-/m1/s1. The summed E-state index contributed by atoms with van der Waals surface area (Å²) < 4.78 is 10.6. The van der Waals surface area contributed by atoms with E-state index in [-0.39, 0.29) is 17.3 Å². The molecule has 0 aromatic heterocycles. The maximum absolute atomic E-state index is 12.6. The fourth-order valence-electron chi connectivity index (χ4n) is 2.62. The van der Waals surface area contributed by atoms with Crippen LogP contribution in [0.1, 0.15) is 19.4 Å². The predicted molar refractivity (Wildman–Crippen MR) is 107 cm³/mol. The van der Waals surface area contributed by atoms with Crippen molar-refractivity contribution < 1.29 is 19.2 Å². The number of hydrogen-bond donors (Lipinski definition) is 1. The third-order valence-electron chi connectivity index (χ3n) is 4.36. The molecule has 8 heteroatoms. The Balaban J connectivity index is 2.02. The SMILES string of the molecule is CCOc1ccc(CN(C)[C@H](C)C(=O)Nc2ccc([N+](=O)[O-])cc2OC)cc1. The fourth-order valence-corrected chi connectivity index (χ4v) is 2.62. The molecule has 1 atom stereocenters. The molecule has 1 N–H and O–H groups in total. The highest BCUT2D eigenvalue weighted by Crippen LogP contribution is 2.29. The van der Waals surface area contributed by atoms with Gasteiger partial charge in [-0.25, -0.2) is 0 Å². The van der Waals surface area contributed by atoms with Crippen molar-refractivity contribution in [3.05, 3.63) is 58.1 Å². The van der Waals surface area contributed by atoms with Crippen molar-refractivity contribution in [1.82, 2.24) is 4.90 Å². The molecule has 28 heavy (non-hydrogen) atoms. The zero-order chi connectivity index (χ0) is 20.7. The number of amides is 1. The molecule has 0 saturated heterocycles. The summed E-state index contributed by atoms with van der Waals surface area (Å²) >= 11 is 0. The number of rotatable bonds is 9. The number of hydrogen-bond acceptors (Lipinski definition) is 6. The molecular formula is C20H25N3O5. The smallest absolute Gasteiger partial charge is 0.273 e. The van der Waals surface area contributed by atoms with Crippen LogP contribution in [0.3, 0.4) is 0 Å². The summed E-state index contributed by atoms with van der Waals surface area (Å²) in [6.45, 7) is 4.92. The Morgan fingerprint density at radius 1 is 1.25 bits per heavy atom. The molecule has 1 amide bonds. The van der Waals surface area contributed by atoms with Gasteiger partial charge in [0.15, 0.2) is 0 Å². The van der Waals surface area contributed by atoms with Gasteiger partial charge in [-0.2, -0.15) is 0 Å². The Morgan fingerprint density at radius 2 is 1.93 bits per heavy atom. The lowest BCUT2D eigenvalue weighted by Crippen LogP contribution is -2.39. The average molecular weight is 387 g/mol. The van der Waals surface area contributed by atoms with Crippen LogP contribution in [0, 0.1) is 10.1 Å². The molecule has 0 spiro atoms. The quantitative estimate of drug-likeness (QED) is 0.523. The Labute approximate surface area is 164 Å². The number of likely N-dealkylation sites (N-methyl/N-ethyl adjacent to an activating group) is 1. The molecule has 0 bridgehead atoms. The van der Waals surface area contributed by atoms with Gasteiger partial charge in [0.2, 0.25) is 5.91 Å². The zero-order valence-corrected chi connectivity index (χ0v) is 16.5. The molecule has 8 nitrogen and oxygen atoms in total. The van der Waals surface area contributed by atoms with Gasteiger partial charge in [-0.1, -0.05) is 12.1 Å². The number of benzene rings is 2. The minimum atomic E-state index is -0.513. The Morgan fingerprint density at radius 3 is 2.50 bits per heavy atom. The molecule has 0 heterocycles. The third-order valence-corrected chi connectivity index (χ3v) is 4.36. The molecule has 0 unspecified atom stereocenters. The van der Waals surface area contributed by atoms with E-state index >= 15 is 0 Å². The number of nitro groups is 1. The summed E-state index contributed by atoms with van der Waals surface area (Å²) in [7, 11) is 3.25. The van der Waals surface area contributed by atoms with Gasteiger partial charge in [0, 0.05) is 12.6 Å². The van der Waals surface area contributed by atoms with Gasteiger partial charge in [0.05, 0.1) is 36.4 Å². The second kappa shape index (κ2) is 9.70. The maximum atomic E-state index is 12.6. The number of ether oxygens (including phenoxy) is 2. The first-order chi connectivity index (χ1) is 13.3. The number of nitrogens with one attached hydrogen (secondary N) is 1. The van der Waals surface area contributed by atoms with E-state index in [1.165, 1.54) is 25.3 Å². The van der Waals surface area contributed by atoms with Crippen LogP contribution in [-0.4, -0.2) is 42.5 Å². The lowest BCUT2D eigenvalue weighted by molar-refractivity contribution is -0.384. The summed E-state index contributed by atoms with van der Waals surface area (Å²) in [6, 6.07) is 11.4. The topological polar surface area (TPSA) is 93.9 Å². The van der Waals surface area contributed by atoms with Crippen LogP contribution < -0.4 is 14.8 Å². The van der Waals surface area contributed by atoms with Gasteiger partial charge < -0.3 is 14.8 Å². The molecule has 0 aliphatic heterocycles. The molecule has 2 aromatic carbocycles. The van der Waals surface area contributed by atoms with Crippen molar-refractivity contribution in [1.29, 1.82) is 0 Å². The van der Waals surface area contributed by atoms with Crippen LogP contribution in [-0.2, 0) is 11.3 Å². The molecule has 0 radical (unpaired) electrons. The molecule has 0 fully saturated rings. The van der Waals surface area contributed by atoms with Crippen LogP contribution in [0.15, 0.2) is 42.5 Å². The van der Waals surface area contributed by atoms with Crippen molar-refractivity contribution in [3.63, 3.8) is 0 Å². The average Bonchev–Trinajstić information content (AvgIpc) is 2.69. The summed E-state index contributed by atoms with van der Waals surface area (Å²) in [5.74, 6) is 0.814. The Hall–Kier alpha value is -3.13. The highest BCUT2D eigenvalue weighted by atomic mass is 16.6. The summed E-state index contributed by atoms with van der Waals surface area (Å²) in [5, 5.41) is 13.7. The molecule has 150 valence electrons. The first-order valence-electron chi connectivity index (χ1n) is 8.91. The molecule has 0 aliphatic rings. The van der Waals surface area contributed by atoms with E-state index in [1.54, 1.807) is 6.92 Å².